The van der Waals surface area contributed by atoms with Gasteiger partial charge in [0.2, 0.25) is 0 Å². The van der Waals surface area contributed by atoms with Gasteiger partial charge in [-0.15, -0.1) is 0 Å². The Labute approximate surface area is 104 Å². The first-order valence-electron chi connectivity index (χ1n) is 5.34. The van der Waals surface area contributed by atoms with Crippen molar-refractivity contribution < 1.29 is 19.2 Å². The van der Waals surface area contributed by atoms with E-state index in [1.807, 2.05) is 6.92 Å². The first-order chi connectivity index (χ1) is 8.58. The summed E-state index contributed by atoms with van der Waals surface area (Å²) >= 11 is 0. The highest BCUT2D eigenvalue weighted by Gasteiger charge is 2.17. The number of anilines is 1. The molecule has 1 N–H and O–H groups in total. The molecule has 0 saturated heterocycles. The number of ether oxygens (including phenoxy) is 2. The zero-order chi connectivity index (χ0) is 13.5. The average molecular weight is 254 g/mol. The summed E-state index contributed by atoms with van der Waals surface area (Å²) in [5, 5.41) is 13.2. The van der Waals surface area contributed by atoms with Crippen LogP contribution in [0.15, 0.2) is 18.2 Å². The molecule has 0 aromatic heterocycles. The molecule has 0 bridgehead atoms. The molecule has 0 aliphatic carbocycles. The third-order valence-electron chi connectivity index (χ3n) is 2.08. The van der Waals surface area contributed by atoms with Gasteiger partial charge in [-0.1, -0.05) is 6.92 Å². The van der Waals surface area contributed by atoms with Crippen LogP contribution in [0.1, 0.15) is 13.3 Å². The minimum Gasteiger partial charge on any atom is -0.496 e. The highest BCUT2D eigenvalue weighted by Crippen LogP contribution is 2.28. The van der Waals surface area contributed by atoms with Crippen molar-refractivity contribution in [1.29, 1.82) is 0 Å². The SMILES string of the molecule is CCCOC(=O)Nc1ccc(OC)cc1[N+](=O)[O-]. The predicted octanol–water partition coefficient (Wildman–Crippen LogP) is 2.56. The Morgan fingerprint density at radius 1 is 1.50 bits per heavy atom. The van der Waals surface area contributed by atoms with Crippen LogP contribution in [0.4, 0.5) is 16.2 Å². The van der Waals surface area contributed by atoms with E-state index in [2.05, 4.69) is 5.32 Å². The maximum absolute atomic E-state index is 11.3. The summed E-state index contributed by atoms with van der Waals surface area (Å²) in [5.41, 5.74) is -0.176. The van der Waals surface area contributed by atoms with Gasteiger partial charge in [-0.2, -0.15) is 0 Å². The van der Waals surface area contributed by atoms with Gasteiger partial charge in [0, 0.05) is 0 Å². The Kier molecular flexibility index (Phi) is 4.91. The molecule has 1 aromatic rings. The van der Waals surface area contributed by atoms with E-state index < -0.39 is 11.0 Å². The molecule has 7 nitrogen and oxygen atoms in total. The number of nitro groups is 1. The molecule has 0 aliphatic heterocycles. The summed E-state index contributed by atoms with van der Waals surface area (Å²) in [6.45, 7) is 2.11. The van der Waals surface area contributed by atoms with Crippen LogP contribution < -0.4 is 10.1 Å². The van der Waals surface area contributed by atoms with E-state index in [4.69, 9.17) is 9.47 Å². The van der Waals surface area contributed by atoms with E-state index >= 15 is 0 Å². The molecule has 1 rings (SSSR count). The molecule has 1 aromatic carbocycles. The van der Waals surface area contributed by atoms with Gasteiger partial charge < -0.3 is 9.47 Å². The number of nitrogens with zero attached hydrogens (tertiary/aromatic N) is 1. The normalized spacial score (nSPS) is 9.67. The number of carbonyl (C=O) groups excluding carboxylic acids is 1. The first-order valence-corrected chi connectivity index (χ1v) is 5.34. The number of rotatable bonds is 5. The zero-order valence-electron chi connectivity index (χ0n) is 10.1. The van der Waals surface area contributed by atoms with E-state index in [-0.39, 0.29) is 18.0 Å². The minimum absolute atomic E-state index is 0.0712. The molecule has 0 aliphatic rings. The van der Waals surface area contributed by atoms with Crippen molar-refractivity contribution in [3.05, 3.63) is 28.3 Å². The highest BCUT2D eigenvalue weighted by atomic mass is 16.6. The molecule has 7 heteroatoms. The smallest absolute Gasteiger partial charge is 0.411 e. The summed E-state index contributed by atoms with van der Waals surface area (Å²) in [6, 6.07) is 4.14. The van der Waals surface area contributed by atoms with E-state index in [1.54, 1.807) is 0 Å². The van der Waals surface area contributed by atoms with Crippen LogP contribution in [0.2, 0.25) is 0 Å². The Balaban J connectivity index is 2.87. The van der Waals surface area contributed by atoms with Crippen molar-refractivity contribution in [2.75, 3.05) is 19.0 Å². The summed E-state index contributed by atoms with van der Waals surface area (Å²) in [7, 11) is 1.40. The maximum atomic E-state index is 11.3. The van der Waals surface area contributed by atoms with Gasteiger partial charge in [-0.05, 0) is 18.6 Å². The number of carbonyl (C=O) groups is 1. The molecule has 0 unspecified atom stereocenters. The summed E-state index contributed by atoms with van der Waals surface area (Å²) in [4.78, 5) is 21.6. The van der Waals surface area contributed by atoms with Crippen LogP contribution in [0.3, 0.4) is 0 Å². The average Bonchev–Trinajstić information content (AvgIpc) is 2.36. The molecular weight excluding hydrogens is 240 g/mol. The Morgan fingerprint density at radius 2 is 2.22 bits per heavy atom. The van der Waals surface area contributed by atoms with Crippen LogP contribution in [-0.4, -0.2) is 24.7 Å². The topological polar surface area (TPSA) is 90.7 Å². The van der Waals surface area contributed by atoms with Crippen LogP contribution >= 0.6 is 0 Å². The second-order valence-corrected chi connectivity index (χ2v) is 3.40. The molecule has 0 fully saturated rings. The Bertz CT molecular complexity index is 447. The third-order valence-corrected chi connectivity index (χ3v) is 2.08. The van der Waals surface area contributed by atoms with Gasteiger partial charge in [0.25, 0.3) is 5.69 Å². The second kappa shape index (κ2) is 6.43. The van der Waals surface area contributed by atoms with Crippen LogP contribution in [0, 0.1) is 10.1 Å². The number of hydrogen-bond donors (Lipinski definition) is 1. The Hall–Kier alpha value is -2.31. The van der Waals surface area contributed by atoms with Crippen molar-refractivity contribution in [2.24, 2.45) is 0 Å². The number of nitro benzene ring substituents is 1. The maximum Gasteiger partial charge on any atom is 0.411 e. The summed E-state index contributed by atoms with van der Waals surface area (Å²) in [5.74, 6) is 0.342. The van der Waals surface area contributed by atoms with Crippen molar-refractivity contribution in [2.45, 2.75) is 13.3 Å². The molecule has 0 spiro atoms. The van der Waals surface area contributed by atoms with Gasteiger partial charge in [0.15, 0.2) is 0 Å². The van der Waals surface area contributed by atoms with Gasteiger partial charge in [0.05, 0.1) is 24.7 Å². The van der Waals surface area contributed by atoms with Crippen molar-refractivity contribution in [1.82, 2.24) is 0 Å². The number of benzene rings is 1. The second-order valence-electron chi connectivity index (χ2n) is 3.40. The molecule has 0 radical (unpaired) electrons. The number of hydrogen-bond acceptors (Lipinski definition) is 5. The molecule has 0 saturated carbocycles. The zero-order valence-corrected chi connectivity index (χ0v) is 10.1. The first kappa shape index (κ1) is 13.8. The van der Waals surface area contributed by atoms with Gasteiger partial charge in [0.1, 0.15) is 11.4 Å². The quantitative estimate of drug-likeness (QED) is 0.644. The fraction of sp³-hybridized carbons (Fsp3) is 0.364. The van der Waals surface area contributed by atoms with Crippen molar-refractivity contribution >= 4 is 17.5 Å². The lowest BCUT2D eigenvalue weighted by atomic mass is 10.2. The number of amides is 1. The largest absolute Gasteiger partial charge is 0.496 e. The molecule has 98 valence electrons. The number of nitrogens with one attached hydrogen (secondary N) is 1. The van der Waals surface area contributed by atoms with E-state index in [0.29, 0.717) is 12.2 Å². The van der Waals surface area contributed by atoms with Gasteiger partial charge in [-0.25, -0.2) is 4.79 Å². The van der Waals surface area contributed by atoms with Gasteiger partial charge >= 0.3 is 6.09 Å². The van der Waals surface area contributed by atoms with Crippen LogP contribution in [0.5, 0.6) is 5.75 Å². The van der Waals surface area contributed by atoms with Crippen molar-refractivity contribution in [3.8, 4) is 5.75 Å². The Morgan fingerprint density at radius 3 is 2.78 bits per heavy atom. The van der Waals surface area contributed by atoms with Crippen LogP contribution in [0.25, 0.3) is 0 Å². The van der Waals surface area contributed by atoms with Crippen LogP contribution in [-0.2, 0) is 4.74 Å². The lowest BCUT2D eigenvalue weighted by Crippen LogP contribution is -2.15. The fourth-order valence-electron chi connectivity index (χ4n) is 1.24. The third kappa shape index (κ3) is 3.62. The van der Waals surface area contributed by atoms with Gasteiger partial charge in [-0.3, -0.25) is 15.4 Å². The monoisotopic (exact) mass is 254 g/mol. The van der Waals surface area contributed by atoms with E-state index in [0.717, 1.165) is 0 Å². The lowest BCUT2D eigenvalue weighted by Gasteiger charge is -2.07. The molecule has 0 heterocycles. The van der Waals surface area contributed by atoms with E-state index in [1.165, 1.54) is 25.3 Å². The summed E-state index contributed by atoms with van der Waals surface area (Å²) in [6.07, 6.45) is -0.0388. The minimum atomic E-state index is -0.717. The highest BCUT2D eigenvalue weighted by molar-refractivity contribution is 5.88. The lowest BCUT2D eigenvalue weighted by molar-refractivity contribution is -0.384. The molecule has 1 amide bonds. The van der Waals surface area contributed by atoms with Crippen molar-refractivity contribution in [3.63, 3.8) is 0 Å². The van der Waals surface area contributed by atoms with E-state index in [9.17, 15) is 14.9 Å². The fourth-order valence-corrected chi connectivity index (χ4v) is 1.24. The predicted molar refractivity (Wildman–Crippen MR) is 64.9 cm³/mol. The molecule has 0 atom stereocenters. The summed E-state index contributed by atoms with van der Waals surface area (Å²) < 4.78 is 9.66. The molecule has 18 heavy (non-hydrogen) atoms. The standard InChI is InChI=1S/C11H14N2O5/c1-3-6-18-11(14)12-9-5-4-8(17-2)7-10(9)13(15)16/h4-5,7H,3,6H2,1-2H3,(H,12,14). The number of methoxy groups -OCH3 is 1. The molecular formula is C11H14N2O5.